The summed E-state index contributed by atoms with van der Waals surface area (Å²) in [5.41, 5.74) is 4.61. The van der Waals surface area contributed by atoms with E-state index in [9.17, 15) is 4.39 Å². The van der Waals surface area contributed by atoms with Gasteiger partial charge in [0.1, 0.15) is 18.2 Å². The van der Waals surface area contributed by atoms with Crippen molar-refractivity contribution in [3.8, 4) is 11.5 Å². The zero-order valence-electron chi connectivity index (χ0n) is 14.8. The summed E-state index contributed by atoms with van der Waals surface area (Å²) in [5.74, 6) is 1.49. The molecule has 0 fully saturated rings. The number of nitrogens with one attached hydrogen (secondary N) is 2. The van der Waals surface area contributed by atoms with Crippen LogP contribution >= 0.6 is 28.1 Å². The highest BCUT2D eigenvalue weighted by Gasteiger charge is 2.13. The van der Waals surface area contributed by atoms with Gasteiger partial charge in [-0.05, 0) is 58.8 Å². The number of aryl methyl sites for hydroxylation is 1. The molecule has 1 heterocycles. The maximum atomic E-state index is 13.8. The minimum absolute atomic E-state index is 0.0998. The number of aromatic amines is 1. The number of benzene rings is 2. The Bertz CT molecular complexity index is 1010. The summed E-state index contributed by atoms with van der Waals surface area (Å²) in [6, 6.07) is 10.3. The van der Waals surface area contributed by atoms with Gasteiger partial charge >= 0.3 is 0 Å². The van der Waals surface area contributed by atoms with Gasteiger partial charge in [-0.1, -0.05) is 18.2 Å². The van der Waals surface area contributed by atoms with Gasteiger partial charge in [-0.15, -0.1) is 0 Å². The van der Waals surface area contributed by atoms with E-state index in [1.807, 2.05) is 19.1 Å². The summed E-state index contributed by atoms with van der Waals surface area (Å²) < 4.78 is 27.9. The molecule has 0 aliphatic heterocycles. The predicted molar refractivity (Wildman–Crippen MR) is 107 cm³/mol. The van der Waals surface area contributed by atoms with Crippen molar-refractivity contribution in [3.05, 3.63) is 68.4 Å². The largest absolute Gasteiger partial charge is 0.493 e. The lowest BCUT2D eigenvalue weighted by atomic mass is 10.2. The van der Waals surface area contributed by atoms with Gasteiger partial charge in [0.05, 0.1) is 18.1 Å². The van der Waals surface area contributed by atoms with Crippen LogP contribution < -0.4 is 14.9 Å². The third kappa shape index (κ3) is 4.48. The average molecular weight is 453 g/mol. The predicted octanol–water partition coefficient (Wildman–Crippen LogP) is 4.48. The third-order valence-electron chi connectivity index (χ3n) is 3.90. The Labute approximate surface area is 169 Å². The summed E-state index contributed by atoms with van der Waals surface area (Å²) in [7, 11) is 1.56. The summed E-state index contributed by atoms with van der Waals surface area (Å²) >= 11 is 8.68. The number of methoxy groups -OCH3 is 1. The normalized spacial score (nSPS) is 10.7. The van der Waals surface area contributed by atoms with Crippen molar-refractivity contribution in [2.45, 2.75) is 20.1 Å². The van der Waals surface area contributed by atoms with Crippen molar-refractivity contribution in [1.82, 2.24) is 14.9 Å². The highest BCUT2D eigenvalue weighted by Crippen LogP contribution is 2.37. The van der Waals surface area contributed by atoms with Crippen LogP contribution in [0.1, 0.15) is 17.0 Å². The van der Waals surface area contributed by atoms with Crippen molar-refractivity contribution in [3.63, 3.8) is 0 Å². The topological polar surface area (TPSA) is 64.1 Å². The summed E-state index contributed by atoms with van der Waals surface area (Å²) in [4.78, 5) is 0. The van der Waals surface area contributed by atoms with Crippen LogP contribution in [-0.4, -0.2) is 22.0 Å². The van der Waals surface area contributed by atoms with Crippen LogP contribution in [0.5, 0.6) is 11.5 Å². The molecule has 0 spiro atoms. The average Bonchev–Trinajstić information content (AvgIpc) is 2.97. The fourth-order valence-electron chi connectivity index (χ4n) is 2.51. The highest BCUT2D eigenvalue weighted by molar-refractivity contribution is 9.10. The monoisotopic (exact) mass is 452 g/mol. The SMILES string of the molecule is COc1cc(CNn2c(C)n[nH]c2=S)cc(Br)c1OCc1ccccc1F. The molecule has 3 rings (SSSR count). The quantitative estimate of drug-likeness (QED) is 0.517. The second kappa shape index (κ2) is 8.53. The maximum absolute atomic E-state index is 13.8. The van der Waals surface area contributed by atoms with Gasteiger partial charge in [0.2, 0.25) is 4.77 Å². The lowest BCUT2D eigenvalue weighted by molar-refractivity contribution is 0.277. The molecule has 142 valence electrons. The van der Waals surface area contributed by atoms with E-state index in [1.54, 1.807) is 30.0 Å². The Morgan fingerprint density at radius 2 is 2.11 bits per heavy atom. The first-order valence-electron chi connectivity index (χ1n) is 8.10. The standard InChI is InChI=1S/C18H18BrFN4O2S/c1-11-22-23-18(27)24(11)21-9-12-7-14(19)17(16(8-12)25-2)26-10-13-5-3-4-6-15(13)20/h3-8,21H,9-10H2,1-2H3,(H,23,27). The fraction of sp³-hybridized carbons (Fsp3) is 0.222. The zero-order valence-corrected chi connectivity index (χ0v) is 17.2. The van der Waals surface area contributed by atoms with E-state index in [1.165, 1.54) is 6.07 Å². The number of nitrogens with zero attached hydrogens (tertiary/aromatic N) is 2. The molecule has 0 aliphatic carbocycles. The Balaban J connectivity index is 1.76. The van der Waals surface area contributed by atoms with Crippen molar-refractivity contribution in [1.29, 1.82) is 0 Å². The number of ether oxygens (including phenoxy) is 2. The van der Waals surface area contributed by atoms with Crippen LogP contribution in [0.2, 0.25) is 0 Å². The second-order valence-electron chi connectivity index (χ2n) is 5.74. The molecule has 0 radical (unpaired) electrons. The van der Waals surface area contributed by atoms with Crippen molar-refractivity contribution < 1.29 is 13.9 Å². The molecule has 0 saturated carbocycles. The minimum atomic E-state index is -0.305. The van der Waals surface area contributed by atoms with E-state index in [4.69, 9.17) is 21.7 Å². The molecular weight excluding hydrogens is 435 g/mol. The van der Waals surface area contributed by atoms with E-state index in [-0.39, 0.29) is 12.4 Å². The molecule has 2 aromatic carbocycles. The zero-order chi connectivity index (χ0) is 19.4. The molecule has 0 bridgehead atoms. The van der Waals surface area contributed by atoms with Gasteiger partial charge in [-0.3, -0.25) is 5.10 Å². The molecule has 3 aromatic rings. The van der Waals surface area contributed by atoms with E-state index >= 15 is 0 Å². The van der Waals surface area contributed by atoms with Crippen molar-refractivity contribution in [2.75, 3.05) is 12.5 Å². The number of hydrogen-bond acceptors (Lipinski definition) is 5. The number of H-pyrrole nitrogens is 1. The molecule has 0 aliphatic rings. The van der Waals surface area contributed by atoms with E-state index < -0.39 is 0 Å². The third-order valence-corrected chi connectivity index (χ3v) is 4.76. The van der Waals surface area contributed by atoms with Crippen LogP contribution in [0.3, 0.4) is 0 Å². The number of aromatic nitrogens is 3. The Morgan fingerprint density at radius 3 is 2.78 bits per heavy atom. The molecule has 0 saturated heterocycles. The summed E-state index contributed by atoms with van der Waals surface area (Å²) in [6.45, 7) is 2.44. The highest BCUT2D eigenvalue weighted by atomic mass is 79.9. The Hall–Kier alpha value is -2.39. The van der Waals surface area contributed by atoms with Crippen LogP contribution in [-0.2, 0) is 13.2 Å². The molecule has 0 amide bonds. The van der Waals surface area contributed by atoms with Crippen molar-refractivity contribution >= 4 is 28.1 Å². The molecule has 1 aromatic heterocycles. The molecule has 0 unspecified atom stereocenters. The van der Waals surface area contributed by atoms with Gasteiger partial charge in [-0.2, -0.15) is 5.10 Å². The second-order valence-corrected chi connectivity index (χ2v) is 6.98. The number of halogens is 2. The van der Waals surface area contributed by atoms with Crippen LogP contribution in [0.25, 0.3) is 0 Å². The minimum Gasteiger partial charge on any atom is -0.493 e. The number of hydrogen-bond donors (Lipinski definition) is 2. The molecule has 6 nitrogen and oxygen atoms in total. The van der Waals surface area contributed by atoms with Gasteiger partial charge in [-0.25, -0.2) is 9.07 Å². The van der Waals surface area contributed by atoms with Crippen LogP contribution in [0.4, 0.5) is 4.39 Å². The molecule has 2 N–H and O–H groups in total. The van der Waals surface area contributed by atoms with Gasteiger partial charge < -0.3 is 14.9 Å². The van der Waals surface area contributed by atoms with Gasteiger partial charge in [0.25, 0.3) is 0 Å². The molecule has 27 heavy (non-hydrogen) atoms. The maximum Gasteiger partial charge on any atom is 0.214 e. The van der Waals surface area contributed by atoms with E-state index in [0.29, 0.717) is 32.9 Å². The summed E-state index contributed by atoms with van der Waals surface area (Å²) in [6.07, 6.45) is 0. The Morgan fingerprint density at radius 1 is 1.33 bits per heavy atom. The number of rotatable bonds is 7. The Kier molecular flexibility index (Phi) is 6.12. The summed E-state index contributed by atoms with van der Waals surface area (Å²) in [5, 5.41) is 6.77. The first kappa shape index (κ1) is 19.4. The smallest absolute Gasteiger partial charge is 0.214 e. The van der Waals surface area contributed by atoms with Gasteiger partial charge in [0.15, 0.2) is 11.5 Å². The van der Waals surface area contributed by atoms with Gasteiger partial charge in [0, 0.05) is 5.56 Å². The lowest BCUT2D eigenvalue weighted by Crippen LogP contribution is -2.16. The molecular formula is C18H18BrFN4O2S. The first-order valence-corrected chi connectivity index (χ1v) is 9.30. The van der Waals surface area contributed by atoms with Crippen LogP contribution in [0.15, 0.2) is 40.9 Å². The van der Waals surface area contributed by atoms with E-state index in [0.717, 1.165) is 11.4 Å². The molecule has 0 atom stereocenters. The first-order chi connectivity index (χ1) is 13.0. The van der Waals surface area contributed by atoms with Crippen LogP contribution in [0, 0.1) is 17.5 Å². The van der Waals surface area contributed by atoms with E-state index in [2.05, 4.69) is 31.6 Å². The fourth-order valence-corrected chi connectivity index (χ4v) is 3.36. The molecule has 9 heteroatoms. The lowest BCUT2D eigenvalue weighted by Gasteiger charge is -2.15. The van der Waals surface area contributed by atoms with Crippen molar-refractivity contribution in [2.24, 2.45) is 0 Å².